The molecule has 2 heterocycles. The van der Waals surface area contributed by atoms with Crippen molar-refractivity contribution in [2.45, 2.75) is 33.0 Å². The number of aliphatic hydroxyl groups excluding tert-OH is 2. The summed E-state index contributed by atoms with van der Waals surface area (Å²) in [7, 11) is 0. The molecule has 5 heteroatoms. The highest BCUT2D eigenvalue weighted by atomic mass is 16.3. The Morgan fingerprint density at radius 2 is 2.20 bits per heavy atom. The highest BCUT2D eigenvalue weighted by Crippen LogP contribution is 2.19. The molecule has 5 nitrogen and oxygen atoms in total. The largest absolute Gasteiger partial charge is 0.394 e. The minimum atomic E-state index is -0.760. The monoisotopic (exact) mass is 277 g/mol. The number of nitrogens with one attached hydrogen (secondary N) is 1. The number of nitrogens with zero attached hydrogens (tertiary/aromatic N) is 2. The quantitative estimate of drug-likeness (QED) is 0.709. The van der Waals surface area contributed by atoms with Crippen LogP contribution in [0.3, 0.4) is 0 Å². The van der Waals surface area contributed by atoms with Crippen LogP contribution >= 0.6 is 0 Å². The second-order valence-electron chi connectivity index (χ2n) is 5.54. The predicted molar refractivity (Wildman–Crippen MR) is 79.4 cm³/mol. The summed E-state index contributed by atoms with van der Waals surface area (Å²) >= 11 is 0. The Hall–Kier alpha value is -1.43. The van der Waals surface area contributed by atoms with E-state index >= 15 is 0 Å². The van der Waals surface area contributed by atoms with Crippen LogP contribution < -0.4 is 5.32 Å². The fourth-order valence-electron chi connectivity index (χ4n) is 2.26. The topological polar surface area (TPSA) is 70.3 Å². The molecule has 0 amide bonds. The Balaban J connectivity index is 2.21. The molecule has 0 saturated carbocycles. The lowest BCUT2D eigenvalue weighted by atomic mass is 10.2. The molecule has 0 aliphatic heterocycles. The predicted octanol–water partition coefficient (Wildman–Crippen LogP) is 1.14. The number of hydrogen-bond donors (Lipinski definition) is 3. The van der Waals surface area contributed by atoms with Gasteiger partial charge in [0.05, 0.1) is 19.3 Å². The number of hydrogen-bond acceptors (Lipinski definition) is 4. The van der Waals surface area contributed by atoms with Gasteiger partial charge in [0.15, 0.2) is 0 Å². The molecule has 1 atom stereocenters. The maximum atomic E-state index is 9.61. The molecule has 1 unspecified atom stereocenters. The number of pyridine rings is 1. The molecule has 2 aromatic rings. The average molecular weight is 277 g/mol. The molecule has 0 aliphatic carbocycles. The van der Waals surface area contributed by atoms with Crippen molar-refractivity contribution >= 4 is 11.0 Å². The van der Waals surface area contributed by atoms with Gasteiger partial charge in [-0.1, -0.05) is 13.8 Å². The molecule has 2 aromatic heterocycles. The zero-order valence-electron chi connectivity index (χ0n) is 12.1. The minimum Gasteiger partial charge on any atom is -0.394 e. The van der Waals surface area contributed by atoms with Crippen LogP contribution in [0.4, 0.5) is 0 Å². The van der Waals surface area contributed by atoms with E-state index < -0.39 is 6.10 Å². The van der Waals surface area contributed by atoms with Gasteiger partial charge in [-0.25, -0.2) is 4.98 Å². The normalized spacial score (nSPS) is 13.2. The number of rotatable bonds is 7. The van der Waals surface area contributed by atoms with Crippen LogP contribution in [0.5, 0.6) is 0 Å². The van der Waals surface area contributed by atoms with Gasteiger partial charge < -0.3 is 20.1 Å². The first-order chi connectivity index (χ1) is 9.61. The third-order valence-corrected chi connectivity index (χ3v) is 3.20. The third-order valence-electron chi connectivity index (χ3n) is 3.20. The SMILES string of the molecule is CC(C)CNCc1cn(CC(O)CO)c2ncccc12. The maximum absolute atomic E-state index is 9.61. The molecular formula is C15H23N3O2. The van der Waals surface area contributed by atoms with E-state index in [0.717, 1.165) is 24.1 Å². The summed E-state index contributed by atoms with van der Waals surface area (Å²) in [4.78, 5) is 4.37. The van der Waals surface area contributed by atoms with Crippen molar-refractivity contribution in [3.05, 3.63) is 30.1 Å². The van der Waals surface area contributed by atoms with Crippen LogP contribution in [0.25, 0.3) is 11.0 Å². The molecule has 110 valence electrons. The van der Waals surface area contributed by atoms with Crippen LogP contribution in [-0.4, -0.2) is 39.0 Å². The van der Waals surface area contributed by atoms with Crippen molar-refractivity contribution in [3.63, 3.8) is 0 Å². The van der Waals surface area contributed by atoms with Crippen molar-refractivity contribution in [2.24, 2.45) is 5.92 Å². The molecule has 0 fully saturated rings. The molecule has 20 heavy (non-hydrogen) atoms. The summed E-state index contributed by atoms with van der Waals surface area (Å²) in [6.07, 6.45) is 2.99. The van der Waals surface area contributed by atoms with Crippen LogP contribution in [0.15, 0.2) is 24.5 Å². The third kappa shape index (κ3) is 3.56. The lowest BCUT2D eigenvalue weighted by molar-refractivity contribution is 0.0821. The fraction of sp³-hybridized carbons (Fsp3) is 0.533. The molecule has 0 spiro atoms. The summed E-state index contributed by atoms with van der Waals surface area (Å²) in [5.74, 6) is 0.609. The Bertz CT molecular complexity index is 551. The molecule has 0 aromatic carbocycles. The molecule has 0 saturated heterocycles. The van der Waals surface area contributed by atoms with E-state index in [0.29, 0.717) is 12.5 Å². The second-order valence-corrected chi connectivity index (χ2v) is 5.54. The van der Waals surface area contributed by atoms with Crippen molar-refractivity contribution in [3.8, 4) is 0 Å². The highest BCUT2D eigenvalue weighted by Gasteiger charge is 2.12. The Labute approximate surface area is 119 Å². The van der Waals surface area contributed by atoms with E-state index in [2.05, 4.69) is 24.1 Å². The summed E-state index contributed by atoms with van der Waals surface area (Å²) in [5, 5.41) is 23.1. The van der Waals surface area contributed by atoms with Gasteiger partial charge >= 0.3 is 0 Å². The van der Waals surface area contributed by atoms with Crippen LogP contribution in [-0.2, 0) is 13.1 Å². The van der Waals surface area contributed by atoms with Gasteiger partial charge in [0.1, 0.15) is 5.65 Å². The van der Waals surface area contributed by atoms with Crippen LogP contribution in [0, 0.1) is 5.92 Å². The second kappa shape index (κ2) is 6.83. The van der Waals surface area contributed by atoms with Crippen molar-refractivity contribution in [1.82, 2.24) is 14.9 Å². The summed E-state index contributed by atoms with van der Waals surface area (Å²) in [6.45, 7) is 6.21. The first-order valence-electron chi connectivity index (χ1n) is 7.04. The van der Waals surface area contributed by atoms with E-state index in [4.69, 9.17) is 5.11 Å². The zero-order valence-corrected chi connectivity index (χ0v) is 12.1. The standard InChI is InChI=1S/C15H23N3O2/c1-11(2)6-16-7-12-8-18(9-13(20)10-19)15-14(12)4-3-5-17-15/h3-5,8,11,13,16,19-20H,6-7,9-10H2,1-2H3. The summed E-state index contributed by atoms with van der Waals surface area (Å²) < 4.78 is 1.91. The Kier molecular flexibility index (Phi) is 5.11. The van der Waals surface area contributed by atoms with E-state index in [1.165, 1.54) is 5.56 Å². The van der Waals surface area contributed by atoms with Gasteiger partial charge in [-0.3, -0.25) is 0 Å². The highest BCUT2D eigenvalue weighted by molar-refractivity contribution is 5.80. The molecule has 0 bridgehead atoms. The van der Waals surface area contributed by atoms with Crippen molar-refractivity contribution in [2.75, 3.05) is 13.2 Å². The number of fused-ring (bicyclic) bond motifs is 1. The summed E-state index contributed by atoms with van der Waals surface area (Å²) in [5.41, 5.74) is 2.01. The molecule has 2 rings (SSSR count). The zero-order chi connectivity index (χ0) is 14.5. The maximum Gasteiger partial charge on any atom is 0.140 e. The number of aromatic nitrogens is 2. The summed E-state index contributed by atoms with van der Waals surface area (Å²) in [6, 6.07) is 3.96. The Morgan fingerprint density at radius 3 is 2.90 bits per heavy atom. The Morgan fingerprint density at radius 1 is 1.40 bits per heavy atom. The molecular weight excluding hydrogens is 254 g/mol. The van der Waals surface area contributed by atoms with E-state index in [1.54, 1.807) is 6.20 Å². The lowest BCUT2D eigenvalue weighted by Crippen LogP contribution is -2.20. The van der Waals surface area contributed by atoms with Gasteiger partial charge in [-0.05, 0) is 30.2 Å². The van der Waals surface area contributed by atoms with Crippen molar-refractivity contribution < 1.29 is 10.2 Å². The lowest BCUT2D eigenvalue weighted by Gasteiger charge is -2.08. The first-order valence-corrected chi connectivity index (χ1v) is 7.04. The molecule has 3 N–H and O–H groups in total. The molecule has 0 aliphatic rings. The van der Waals surface area contributed by atoms with Crippen molar-refractivity contribution in [1.29, 1.82) is 0 Å². The number of aliphatic hydroxyl groups is 2. The smallest absolute Gasteiger partial charge is 0.140 e. The van der Waals surface area contributed by atoms with Gasteiger partial charge in [0, 0.05) is 24.3 Å². The average Bonchev–Trinajstić information content (AvgIpc) is 2.77. The van der Waals surface area contributed by atoms with Crippen LogP contribution in [0.2, 0.25) is 0 Å². The first kappa shape index (κ1) is 15.0. The van der Waals surface area contributed by atoms with Gasteiger partial charge in [-0.15, -0.1) is 0 Å². The van der Waals surface area contributed by atoms with E-state index in [1.807, 2.05) is 22.9 Å². The van der Waals surface area contributed by atoms with Crippen LogP contribution in [0.1, 0.15) is 19.4 Å². The fourth-order valence-corrected chi connectivity index (χ4v) is 2.26. The van der Waals surface area contributed by atoms with Gasteiger partial charge in [-0.2, -0.15) is 0 Å². The van der Waals surface area contributed by atoms with Gasteiger partial charge in [0.2, 0.25) is 0 Å². The minimum absolute atomic E-state index is 0.243. The van der Waals surface area contributed by atoms with E-state index in [-0.39, 0.29) is 6.61 Å². The molecule has 0 radical (unpaired) electrons. The van der Waals surface area contributed by atoms with Gasteiger partial charge in [0.25, 0.3) is 0 Å². The van der Waals surface area contributed by atoms with E-state index in [9.17, 15) is 5.11 Å².